The number of esters is 1. The average molecular weight is 342 g/mol. The number of carbonyl (C=O) groups excluding carboxylic acids is 1. The van der Waals surface area contributed by atoms with Crippen molar-refractivity contribution in [2.24, 2.45) is 0 Å². The lowest BCUT2D eigenvalue weighted by molar-refractivity contribution is 0.0692. The third-order valence-corrected chi connectivity index (χ3v) is 3.91. The minimum atomic E-state index is -0.629. The topological polar surface area (TPSA) is 67.1 Å². The van der Waals surface area contributed by atoms with Crippen molar-refractivity contribution in [3.05, 3.63) is 47.7 Å². The van der Waals surface area contributed by atoms with Crippen LogP contribution in [0.5, 0.6) is 23.0 Å². The summed E-state index contributed by atoms with van der Waals surface area (Å²) >= 11 is 0. The van der Waals surface area contributed by atoms with Gasteiger partial charge >= 0.3 is 5.97 Å². The van der Waals surface area contributed by atoms with Crippen molar-refractivity contribution in [1.82, 2.24) is 0 Å². The zero-order chi connectivity index (χ0) is 18.0. The zero-order valence-corrected chi connectivity index (χ0v) is 14.4. The fourth-order valence-electron chi connectivity index (χ4n) is 2.58. The monoisotopic (exact) mass is 342 g/mol. The van der Waals surface area contributed by atoms with Crippen LogP contribution in [0.3, 0.4) is 0 Å². The van der Waals surface area contributed by atoms with E-state index in [4.69, 9.17) is 23.4 Å². The molecule has 0 radical (unpaired) electrons. The van der Waals surface area contributed by atoms with Gasteiger partial charge in [-0.1, -0.05) is 6.07 Å². The first-order chi connectivity index (χ1) is 12.1. The summed E-state index contributed by atoms with van der Waals surface area (Å²) < 4.78 is 26.9. The van der Waals surface area contributed by atoms with E-state index in [1.54, 1.807) is 44.4 Å². The molecule has 0 N–H and O–H groups in total. The van der Waals surface area contributed by atoms with Crippen LogP contribution in [0.1, 0.15) is 16.1 Å². The predicted molar refractivity (Wildman–Crippen MR) is 92.0 cm³/mol. The third-order valence-electron chi connectivity index (χ3n) is 3.91. The number of hydrogen-bond acceptors (Lipinski definition) is 6. The normalized spacial score (nSPS) is 10.6. The van der Waals surface area contributed by atoms with Gasteiger partial charge in [0.05, 0.1) is 21.3 Å². The molecule has 3 aromatic rings. The molecule has 25 heavy (non-hydrogen) atoms. The van der Waals surface area contributed by atoms with E-state index in [0.29, 0.717) is 28.4 Å². The Morgan fingerprint density at radius 3 is 2.24 bits per heavy atom. The summed E-state index contributed by atoms with van der Waals surface area (Å²) in [6, 6.07) is 10.4. The maximum Gasteiger partial charge on any atom is 0.380 e. The number of furan rings is 1. The molecular weight excluding hydrogens is 324 g/mol. The molecule has 0 saturated heterocycles. The Hall–Kier alpha value is -3.15. The fourth-order valence-corrected chi connectivity index (χ4v) is 2.58. The van der Waals surface area contributed by atoms with E-state index >= 15 is 0 Å². The van der Waals surface area contributed by atoms with Crippen LogP contribution in [0.4, 0.5) is 0 Å². The van der Waals surface area contributed by atoms with Gasteiger partial charge in [-0.05, 0) is 37.3 Å². The van der Waals surface area contributed by atoms with Crippen LogP contribution in [0.25, 0.3) is 11.0 Å². The molecule has 0 aliphatic carbocycles. The van der Waals surface area contributed by atoms with E-state index < -0.39 is 5.97 Å². The molecule has 2 aromatic carbocycles. The van der Waals surface area contributed by atoms with Crippen molar-refractivity contribution in [2.75, 3.05) is 21.3 Å². The fraction of sp³-hybridized carbons (Fsp3) is 0.211. The van der Waals surface area contributed by atoms with Crippen LogP contribution >= 0.6 is 0 Å². The molecule has 130 valence electrons. The first kappa shape index (κ1) is 16.7. The number of fused-ring (bicyclic) bond motifs is 1. The van der Waals surface area contributed by atoms with E-state index in [-0.39, 0.29) is 11.5 Å². The Kier molecular flexibility index (Phi) is 4.52. The van der Waals surface area contributed by atoms with Gasteiger partial charge in [0.15, 0.2) is 11.5 Å². The lowest BCUT2D eigenvalue weighted by Crippen LogP contribution is -2.10. The molecule has 1 heterocycles. The van der Waals surface area contributed by atoms with Gasteiger partial charge in [0.2, 0.25) is 11.5 Å². The van der Waals surface area contributed by atoms with E-state index in [1.807, 2.05) is 6.07 Å². The van der Waals surface area contributed by atoms with Crippen molar-refractivity contribution in [3.63, 3.8) is 0 Å². The first-order valence-corrected chi connectivity index (χ1v) is 7.59. The van der Waals surface area contributed by atoms with E-state index in [1.165, 1.54) is 14.2 Å². The van der Waals surface area contributed by atoms with Crippen molar-refractivity contribution in [2.45, 2.75) is 6.92 Å². The quantitative estimate of drug-likeness (QED) is 0.516. The van der Waals surface area contributed by atoms with Gasteiger partial charge in [0.25, 0.3) is 0 Å². The molecule has 1 aromatic heterocycles. The molecule has 0 atom stereocenters. The maximum absolute atomic E-state index is 12.6. The van der Waals surface area contributed by atoms with Gasteiger partial charge in [-0.15, -0.1) is 0 Å². The number of rotatable bonds is 5. The number of benzene rings is 2. The van der Waals surface area contributed by atoms with Crippen molar-refractivity contribution in [1.29, 1.82) is 0 Å². The summed E-state index contributed by atoms with van der Waals surface area (Å²) in [4.78, 5) is 12.6. The number of aryl methyl sites for hydroxylation is 1. The largest absolute Gasteiger partial charge is 0.497 e. The summed E-state index contributed by atoms with van der Waals surface area (Å²) in [5, 5.41) is 0.790. The average Bonchev–Trinajstić information content (AvgIpc) is 2.98. The van der Waals surface area contributed by atoms with E-state index in [0.717, 1.165) is 5.39 Å². The Morgan fingerprint density at radius 1 is 0.960 bits per heavy atom. The molecule has 0 aliphatic heterocycles. The summed E-state index contributed by atoms with van der Waals surface area (Å²) in [5.74, 6) is 1.16. The highest BCUT2D eigenvalue weighted by molar-refractivity contribution is 5.97. The highest BCUT2D eigenvalue weighted by atomic mass is 16.6. The highest BCUT2D eigenvalue weighted by Gasteiger charge is 2.23. The lowest BCUT2D eigenvalue weighted by atomic mass is 10.1. The third kappa shape index (κ3) is 2.98. The second kappa shape index (κ2) is 6.76. The molecule has 6 nitrogen and oxygen atoms in total. The Balaban J connectivity index is 2.00. The molecule has 0 saturated carbocycles. The van der Waals surface area contributed by atoms with Crippen LogP contribution in [-0.4, -0.2) is 27.3 Å². The van der Waals surface area contributed by atoms with Crippen LogP contribution < -0.4 is 18.9 Å². The molecule has 0 bridgehead atoms. The van der Waals surface area contributed by atoms with Crippen molar-refractivity contribution in [3.8, 4) is 23.0 Å². The molecule has 0 unspecified atom stereocenters. The van der Waals surface area contributed by atoms with E-state index in [2.05, 4.69) is 0 Å². The zero-order valence-electron chi connectivity index (χ0n) is 14.4. The van der Waals surface area contributed by atoms with Gasteiger partial charge < -0.3 is 23.4 Å². The summed E-state index contributed by atoms with van der Waals surface area (Å²) in [6.45, 7) is 1.79. The van der Waals surface area contributed by atoms with Gasteiger partial charge in [0.1, 0.15) is 11.3 Å². The Labute approximate surface area is 144 Å². The highest BCUT2D eigenvalue weighted by Crippen LogP contribution is 2.38. The number of carbonyl (C=O) groups is 1. The van der Waals surface area contributed by atoms with Crippen LogP contribution in [0, 0.1) is 6.92 Å². The van der Waals surface area contributed by atoms with Crippen molar-refractivity contribution >= 4 is 16.9 Å². The SMILES string of the molecule is COc1ccc2oc(C(=O)Oc3c(OC)cccc3OC)c(C)c2c1. The molecule has 3 rings (SSSR count). The van der Waals surface area contributed by atoms with Crippen molar-refractivity contribution < 1.29 is 28.2 Å². The Bertz CT molecular complexity index is 903. The van der Waals surface area contributed by atoms with Gasteiger partial charge in [-0.25, -0.2) is 4.79 Å². The Morgan fingerprint density at radius 2 is 1.64 bits per heavy atom. The predicted octanol–water partition coefficient (Wildman–Crippen LogP) is 3.99. The molecule has 6 heteroatoms. The second-order valence-corrected chi connectivity index (χ2v) is 5.30. The second-order valence-electron chi connectivity index (χ2n) is 5.30. The van der Waals surface area contributed by atoms with Crippen LogP contribution in [-0.2, 0) is 0 Å². The minimum Gasteiger partial charge on any atom is -0.497 e. The van der Waals surface area contributed by atoms with E-state index in [9.17, 15) is 4.79 Å². The summed E-state index contributed by atoms with van der Waals surface area (Å²) in [7, 11) is 4.56. The maximum atomic E-state index is 12.6. The van der Waals surface area contributed by atoms with Gasteiger partial charge in [-0.2, -0.15) is 0 Å². The smallest absolute Gasteiger partial charge is 0.380 e. The minimum absolute atomic E-state index is 0.121. The van der Waals surface area contributed by atoms with Gasteiger partial charge in [0, 0.05) is 10.9 Å². The number of methoxy groups -OCH3 is 3. The number of hydrogen-bond donors (Lipinski definition) is 0. The number of ether oxygens (including phenoxy) is 4. The molecule has 0 fully saturated rings. The summed E-state index contributed by atoms with van der Waals surface area (Å²) in [6.07, 6.45) is 0. The molecule has 0 spiro atoms. The standard InChI is InChI=1S/C19H18O6/c1-11-13-10-12(21-2)8-9-14(13)24-17(11)19(20)25-18-15(22-3)6-5-7-16(18)23-4/h5-10H,1-4H3. The number of para-hydroxylation sites is 1. The molecular formula is C19H18O6. The van der Waals surface area contributed by atoms with Crippen LogP contribution in [0.15, 0.2) is 40.8 Å². The van der Waals surface area contributed by atoms with Gasteiger partial charge in [-0.3, -0.25) is 0 Å². The first-order valence-electron chi connectivity index (χ1n) is 7.59. The van der Waals surface area contributed by atoms with Crippen LogP contribution in [0.2, 0.25) is 0 Å². The lowest BCUT2D eigenvalue weighted by Gasteiger charge is -2.12. The molecule has 0 amide bonds. The molecule has 0 aliphatic rings. The summed E-state index contributed by atoms with van der Waals surface area (Å²) in [5.41, 5.74) is 1.25.